The number of nitrogen functional groups attached to an aromatic ring is 1. The SMILES string of the molecule is CCN(Cc1cc(C(=O)OCCCCCOC(=O)C(C)c2ccc3cc(OC)ccc3c2)cc(Br)c1N)C1CCCCC1. The first-order chi connectivity index (χ1) is 20.8. The van der Waals surface area contributed by atoms with Gasteiger partial charge in [0.25, 0.3) is 0 Å². The summed E-state index contributed by atoms with van der Waals surface area (Å²) in [5.41, 5.74) is 9.45. The van der Waals surface area contributed by atoms with Crippen LogP contribution in [-0.2, 0) is 20.8 Å². The van der Waals surface area contributed by atoms with Crippen molar-refractivity contribution in [3.05, 3.63) is 69.7 Å². The normalized spacial score (nSPS) is 14.5. The van der Waals surface area contributed by atoms with Crippen LogP contribution >= 0.6 is 15.9 Å². The molecule has 0 saturated heterocycles. The maximum absolute atomic E-state index is 12.8. The quantitative estimate of drug-likeness (QED) is 0.107. The Morgan fingerprint density at radius 1 is 0.953 bits per heavy atom. The van der Waals surface area contributed by atoms with Crippen molar-refractivity contribution in [1.29, 1.82) is 0 Å². The van der Waals surface area contributed by atoms with E-state index in [9.17, 15) is 9.59 Å². The van der Waals surface area contributed by atoms with Gasteiger partial charge in [-0.1, -0.05) is 50.5 Å². The number of esters is 2. The lowest BCUT2D eigenvalue weighted by atomic mass is 9.93. The number of ether oxygens (including phenoxy) is 3. The van der Waals surface area contributed by atoms with Gasteiger partial charge in [-0.25, -0.2) is 4.79 Å². The van der Waals surface area contributed by atoms with Crippen molar-refractivity contribution in [2.24, 2.45) is 0 Å². The molecule has 1 saturated carbocycles. The van der Waals surface area contributed by atoms with Crippen molar-refractivity contribution in [1.82, 2.24) is 4.90 Å². The highest BCUT2D eigenvalue weighted by molar-refractivity contribution is 9.10. The Labute approximate surface area is 264 Å². The lowest BCUT2D eigenvalue weighted by molar-refractivity contribution is -0.145. The van der Waals surface area contributed by atoms with Crippen LogP contribution in [0.15, 0.2) is 53.0 Å². The van der Waals surface area contributed by atoms with Crippen LogP contribution in [0.2, 0.25) is 0 Å². The van der Waals surface area contributed by atoms with Crippen LogP contribution in [0.4, 0.5) is 5.69 Å². The highest BCUT2D eigenvalue weighted by Gasteiger charge is 2.22. The summed E-state index contributed by atoms with van der Waals surface area (Å²) in [6.07, 6.45) is 8.49. The van der Waals surface area contributed by atoms with E-state index in [4.69, 9.17) is 19.9 Å². The van der Waals surface area contributed by atoms with Crippen LogP contribution in [0.25, 0.3) is 10.8 Å². The Morgan fingerprint density at radius 2 is 1.65 bits per heavy atom. The van der Waals surface area contributed by atoms with Crippen molar-refractivity contribution in [2.45, 2.75) is 83.7 Å². The Kier molecular flexibility index (Phi) is 12.3. The van der Waals surface area contributed by atoms with E-state index in [-0.39, 0.29) is 17.9 Å². The summed E-state index contributed by atoms with van der Waals surface area (Å²) >= 11 is 3.54. The smallest absolute Gasteiger partial charge is 0.338 e. The number of unbranched alkanes of at least 4 members (excludes halogenated alkanes) is 2. The zero-order chi connectivity index (χ0) is 30.8. The van der Waals surface area contributed by atoms with Gasteiger partial charge in [0, 0.05) is 17.1 Å². The Hall–Kier alpha value is -3.10. The molecular weight excluding hydrogens is 608 g/mol. The lowest BCUT2D eigenvalue weighted by Gasteiger charge is -2.34. The van der Waals surface area contributed by atoms with Gasteiger partial charge in [-0.3, -0.25) is 9.69 Å². The fourth-order valence-electron chi connectivity index (χ4n) is 5.79. The molecule has 0 spiro atoms. The molecule has 1 fully saturated rings. The highest BCUT2D eigenvalue weighted by atomic mass is 79.9. The number of carbonyl (C=O) groups is 2. The van der Waals surface area contributed by atoms with E-state index in [1.54, 1.807) is 13.2 Å². The summed E-state index contributed by atoms with van der Waals surface area (Å²) in [6.45, 7) is 6.37. The van der Waals surface area contributed by atoms with Crippen molar-refractivity contribution >= 4 is 44.3 Å². The molecule has 7 nitrogen and oxygen atoms in total. The highest BCUT2D eigenvalue weighted by Crippen LogP contribution is 2.30. The molecular formula is C35H45BrN2O5. The zero-order valence-electron chi connectivity index (χ0n) is 25.7. The molecule has 8 heteroatoms. The Balaban J connectivity index is 1.18. The number of fused-ring (bicyclic) bond motifs is 1. The largest absolute Gasteiger partial charge is 0.497 e. The number of nitrogens with zero attached hydrogens (tertiary/aromatic N) is 1. The van der Waals surface area contributed by atoms with Crippen LogP contribution < -0.4 is 10.5 Å². The molecule has 1 aliphatic rings. The second-order valence-electron chi connectivity index (χ2n) is 11.4. The van der Waals surface area contributed by atoms with Gasteiger partial charge in [0.1, 0.15) is 5.75 Å². The van der Waals surface area contributed by atoms with Gasteiger partial charge < -0.3 is 19.9 Å². The summed E-state index contributed by atoms with van der Waals surface area (Å²) in [7, 11) is 1.65. The molecule has 2 N–H and O–H groups in total. The molecule has 3 aromatic rings. The van der Waals surface area contributed by atoms with E-state index in [0.29, 0.717) is 43.3 Å². The summed E-state index contributed by atoms with van der Waals surface area (Å²) in [6, 6.07) is 16.0. The molecule has 0 bridgehead atoms. The summed E-state index contributed by atoms with van der Waals surface area (Å²) in [5.74, 6) is -0.145. The number of hydrogen-bond acceptors (Lipinski definition) is 7. The third kappa shape index (κ3) is 8.96. The zero-order valence-corrected chi connectivity index (χ0v) is 27.3. The molecule has 1 atom stereocenters. The van der Waals surface area contributed by atoms with E-state index in [2.05, 4.69) is 27.8 Å². The minimum Gasteiger partial charge on any atom is -0.497 e. The molecule has 4 rings (SSSR count). The monoisotopic (exact) mass is 652 g/mol. The average Bonchev–Trinajstić information content (AvgIpc) is 3.04. The van der Waals surface area contributed by atoms with Gasteiger partial charge in [0.05, 0.1) is 37.5 Å². The van der Waals surface area contributed by atoms with E-state index >= 15 is 0 Å². The van der Waals surface area contributed by atoms with Gasteiger partial charge >= 0.3 is 11.9 Å². The standard InChI is InChI=1S/C35H45BrN2O5/c1-4-38(30-11-7-5-8-12-30)23-29-20-28(22-32(36)33(29)37)35(40)43-18-10-6-9-17-42-34(39)24(2)25-13-14-27-21-31(41-3)16-15-26(27)19-25/h13-16,19-22,24,30H,4-12,17-18,23,37H2,1-3H3. The summed E-state index contributed by atoms with van der Waals surface area (Å²) in [5, 5.41) is 2.11. The fraction of sp³-hybridized carbons (Fsp3) is 0.486. The van der Waals surface area contributed by atoms with Gasteiger partial charge in [-0.2, -0.15) is 0 Å². The molecule has 0 aliphatic heterocycles. The predicted molar refractivity (Wildman–Crippen MR) is 176 cm³/mol. The molecule has 0 heterocycles. The molecule has 0 aromatic heterocycles. The third-order valence-corrected chi connectivity index (χ3v) is 9.17. The first-order valence-electron chi connectivity index (χ1n) is 15.5. The molecule has 1 unspecified atom stereocenters. The van der Waals surface area contributed by atoms with E-state index in [0.717, 1.165) is 51.6 Å². The van der Waals surface area contributed by atoms with E-state index in [1.165, 1.54) is 32.1 Å². The number of nitrogens with two attached hydrogens (primary N) is 1. The van der Waals surface area contributed by atoms with Crippen LogP contribution in [0, 0.1) is 0 Å². The van der Waals surface area contributed by atoms with Crippen LogP contribution in [-0.4, -0.2) is 49.7 Å². The average molecular weight is 654 g/mol. The summed E-state index contributed by atoms with van der Waals surface area (Å²) in [4.78, 5) is 28.0. The number of rotatable bonds is 14. The number of halogens is 1. The van der Waals surface area contributed by atoms with Crippen molar-refractivity contribution < 1.29 is 23.8 Å². The number of hydrogen-bond donors (Lipinski definition) is 1. The predicted octanol–water partition coefficient (Wildman–Crippen LogP) is 8.02. The Bertz CT molecular complexity index is 1390. The van der Waals surface area contributed by atoms with Gasteiger partial charge in [0.2, 0.25) is 0 Å². The molecule has 1 aliphatic carbocycles. The van der Waals surface area contributed by atoms with Crippen LogP contribution in [0.3, 0.4) is 0 Å². The molecule has 232 valence electrons. The molecule has 0 amide bonds. The summed E-state index contributed by atoms with van der Waals surface area (Å²) < 4.78 is 17.1. The molecule has 0 radical (unpaired) electrons. The first-order valence-corrected chi connectivity index (χ1v) is 16.3. The number of carbonyl (C=O) groups excluding carboxylic acids is 2. The molecule has 43 heavy (non-hydrogen) atoms. The molecule has 3 aromatic carbocycles. The maximum atomic E-state index is 12.8. The third-order valence-electron chi connectivity index (χ3n) is 8.51. The minimum atomic E-state index is -0.358. The lowest BCUT2D eigenvalue weighted by Crippen LogP contribution is -2.36. The minimum absolute atomic E-state index is 0.242. The van der Waals surface area contributed by atoms with Gasteiger partial charge in [-0.05, 0) is 108 Å². The number of methoxy groups -OCH3 is 1. The van der Waals surface area contributed by atoms with Crippen molar-refractivity contribution in [3.8, 4) is 5.75 Å². The van der Waals surface area contributed by atoms with E-state index < -0.39 is 0 Å². The van der Waals surface area contributed by atoms with Crippen molar-refractivity contribution in [3.63, 3.8) is 0 Å². The first kappa shape index (κ1) is 32.8. The van der Waals surface area contributed by atoms with Crippen molar-refractivity contribution in [2.75, 3.05) is 32.6 Å². The Morgan fingerprint density at radius 3 is 2.37 bits per heavy atom. The van der Waals surface area contributed by atoms with Gasteiger partial charge in [0.15, 0.2) is 0 Å². The van der Waals surface area contributed by atoms with Gasteiger partial charge in [-0.15, -0.1) is 0 Å². The van der Waals surface area contributed by atoms with Crippen LogP contribution in [0.1, 0.15) is 92.6 Å². The van der Waals surface area contributed by atoms with Crippen LogP contribution in [0.5, 0.6) is 5.75 Å². The number of anilines is 1. The second kappa shape index (κ2) is 16.1. The van der Waals surface area contributed by atoms with E-state index in [1.807, 2.05) is 49.4 Å². The topological polar surface area (TPSA) is 91.1 Å². The fourth-order valence-corrected chi connectivity index (χ4v) is 6.29. The second-order valence-corrected chi connectivity index (χ2v) is 12.3. The number of benzene rings is 3. The maximum Gasteiger partial charge on any atom is 0.338 e.